The Bertz CT molecular complexity index is 498. The number of rotatable bonds is 4. The van der Waals surface area contributed by atoms with Crippen molar-refractivity contribution in [2.45, 2.75) is 83.7 Å². The summed E-state index contributed by atoms with van der Waals surface area (Å²) in [6.07, 6.45) is 13.7. The van der Waals surface area contributed by atoms with Crippen molar-refractivity contribution in [3.05, 3.63) is 0 Å². The minimum atomic E-state index is -0.452. The van der Waals surface area contributed by atoms with Crippen LogP contribution in [0.1, 0.15) is 78.1 Å². The lowest BCUT2D eigenvalue weighted by molar-refractivity contribution is -0.143. The van der Waals surface area contributed by atoms with E-state index in [1.54, 1.807) is 0 Å². The van der Waals surface area contributed by atoms with Crippen molar-refractivity contribution < 1.29 is 5.11 Å². The second-order valence-electron chi connectivity index (χ2n) is 10.3. The van der Waals surface area contributed by atoms with Gasteiger partial charge in [-0.05, 0) is 80.5 Å². The molecule has 0 aliphatic heterocycles. The summed E-state index contributed by atoms with van der Waals surface area (Å²) in [5.74, 6) is 5.44. The SMILES string of the molecule is C[C@@]12CCCCC1CCC1C2CC[C@]2(C)C1CC[C@]2(O)CSCCN. The lowest BCUT2D eigenvalue weighted by Crippen LogP contribution is -2.56. The third-order valence-corrected chi connectivity index (χ3v) is 10.7. The molecule has 4 aliphatic carbocycles. The summed E-state index contributed by atoms with van der Waals surface area (Å²) in [5.41, 5.74) is 5.99. The smallest absolute Gasteiger partial charge is 0.0793 e. The summed E-state index contributed by atoms with van der Waals surface area (Å²) in [5, 5.41) is 11.6. The summed E-state index contributed by atoms with van der Waals surface area (Å²) in [4.78, 5) is 0. The second-order valence-corrected chi connectivity index (χ2v) is 11.4. The van der Waals surface area contributed by atoms with Gasteiger partial charge in [-0.1, -0.05) is 26.7 Å². The van der Waals surface area contributed by atoms with Gasteiger partial charge in [0, 0.05) is 23.5 Å². The van der Waals surface area contributed by atoms with Gasteiger partial charge in [0.1, 0.15) is 0 Å². The highest BCUT2D eigenvalue weighted by molar-refractivity contribution is 7.99. The van der Waals surface area contributed by atoms with E-state index in [4.69, 9.17) is 5.73 Å². The number of fused-ring (bicyclic) bond motifs is 5. The normalized spacial score (nSPS) is 52.3. The van der Waals surface area contributed by atoms with Gasteiger partial charge in [-0.3, -0.25) is 0 Å². The first-order chi connectivity index (χ1) is 11.9. The average Bonchev–Trinajstić information content (AvgIpc) is 2.86. The molecule has 0 radical (unpaired) electrons. The molecule has 25 heavy (non-hydrogen) atoms. The summed E-state index contributed by atoms with van der Waals surface area (Å²) < 4.78 is 0. The lowest BCUT2D eigenvalue weighted by Gasteiger charge is -2.61. The third kappa shape index (κ3) is 2.74. The molecule has 4 rings (SSSR count). The van der Waals surface area contributed by atoms with E-state index in [2.05, 4.69) is 13.8 Å². The first kappa shape index (κ1) is 18.6. The molecule has 4 unspecified atom stereocenters. The molecule has 7 atom stereocenters. The molecular formula is C22H39NOS. The van der Waals surface area contributed by atoms with Gasteiger partial charge in [0.25, 0.3) is 0 Å². The number of thioether (sulfide) groups is 1. The molecule has 0 aromatic carbocycles. The van der Waals surface area contributed by atoms with Crippen LogP contribution in [0.2, 0.25) is 0 Å². The van der Waals surface area contributed by atoms with Crippen molar-refractivity contribution in [1.82, 2.24) is 0 Å². The summed E-state index contributed by atoms with van der Waals surface area (Å²) in [6.45, 7) is 5.82. The Kier molecular flexibility index (Phi) is 5.00. The van der Waals surface area contributed by atoms with Crippen LogP contribution < -0.4 is 5.73 Å². The van der Waals surface area contributed by atoms with E-state index in [1.165, 1.54) is 57.8 Å². The van der Waals surface area contributed by atoms with Gasteiger partial charge in [0.15, 0.2) is 0 Å². The minimum Gasteiger partial charge on any atom is -0.388 e. The van der Waals surface area contributed by atoms with E-state index in [9.17, 15) is 5.11 Å². The maximum atomic E-state index is 11.6. The van der Waals surface area contributed by atoms with E-state index in [-0.39, 0.29) is 5.41 Å². The molecule has 0 saturated heterocycles. The summed E-state index contributed by atoms with van der Waals surface area (Å²) in [6, 6.07) is 0. The fourth-order valence-corrected chi connectivity index (χ4v) is 9.09. The quantitative estimate of drug-likeness (QED) is 0.701. The summed E-state index contributed by atoms with van der Waals surface area (Å²) in [7, 11) is 0. The van der Waals surface area contributed by atoms with Crippen LogP contribution in [0.25, 0.3) is 0 Å². The molecule has 0 aromatic heterocycles. The molecule has 4 aliphatic rings. The fraction of sp³-hybridized carbons (Fsp3) is 1.00. The first-order valence-corrected chi connectivity index (χ1v) is 12.1. The maximum Gasteiger partial charge on any atom is 0.0793 e. The van der Waals surface area contributed by atoms with Gasteiger partial charge in [0.2, 0.25) is 0 Å². The molecule has 0 amide bonds. The van der Waals surface area contributed by atoms with E-state index < -0.39 is 5.60 Å². The van der Waals surface area contributed by atoms with E-state index >= 15 is 0 Å². The molecule has 0 heterocycles. The zero-order chi connectivity index (χ0) is 17.7. The van der Waals surface area contributed by atoms with Crippen LogP contribution >= 0.6 is 11.8 Å². The van der Waals surface area contributed by atoms with Crippen LogP contribution in [0, 0.1) is 34.5 Å². The van der Waals surface area contributed by atoms with Crippen LogP contribution in [0.4, 0.5) is 0 Å². The Morgan fingerprint density at radius 3 is 2.56 bits per heavy atom. The monoisotopic (exact) mass is 365 g/mol. The van der Waals surface area contributed by atoms with Crippen LogP contribution in [-0.4, -0.2) is 28.8 Å². The number of hydrogen-bond acceptors (Lipinski definition) is 3. The molecule has 144 valence electrons. The van der Waals surface area contributed by atoms with Crippen LogP contribution in [-0.2, 0) is 0 Å². The highest BCUT2D eigenvalue weighted by atomic mass is 32.2. The van der Waals surface area contributed by atoms with Crippen molar-refractivity contribution in [1.29, 1.82) is 0 Å². The van der Waals surface area contributed by atoms with Gasteiger partial charge in [-0.25, -0.2) is 0 Å². The van der Waals surface area contributed by atoms with Crippen molar-refractivity contribution in [2.75, 3.05) is 18.1 Å². The van der Waals surface area contributed by atoms with Crippen molar-refractivity contribution >= 4 is 11.8 Å². The van der Waals surface area contributed by atoms with Gasteiger partial charge in [-0.15, -0.1) is 0 Å². The Morgan fingerprint density at radius 2 is 1.76 bits per heavy atom. The minimum absolute atomic E-state index is 0.146. The molecular weight excluding hydrogens is 326 g/mol. The van der Waals surface area contributed by atoms with E-state index in [0.717, 1.165) is 48.1 Å². The molecule has 0 bridgehead atoms. The number of nitrogens with two attached hydrogens (primary N) is 1. The highest BCUT2D eigenvalue weighted by Gasteiger charge is 2.64. The topological polar surface area (TPSA) is 46.2 Å². The molecule has 3 N–H and O–H groups in total. The second kappa shape index (κ2) is 6.71. The molecule has 2 nitrogen and oxygen atoms in total. The predicted molar refractivity (Wildman–Crippen MR) is 108 cm³/mol. The number of hydrogen-bond donors (Lipinski definition) is 2. The molecule has 4 fully saturated rings. The van der Waals surface area contributed by atoms with Crippen molar-refractivity contribution in [3.63, 3.8) is 0 Å². The molecule has 4 saturated carbocycles. The average molecular weight is 366 g/mol. The Labute approximate surface area is 159 Å². The molecule has 3 heteroatoms. The van der Waals surface area contributed by atoms with Crippen molar-refractivity contribution in [3.8, 4) is 0 Å². The molecule has 0 spiro atoms. The Morgan fingerprint density at radius 1 is 0.960 bits per heavy atom. The van der Waals surface area contributed by atoms with Gasteiger partial charge < -0.3 is 10.8 Å². The lowest BCUT2D eigenvalue weighted by atomic mass is 9.44. The van der Waals surface area contributed by atoms with Crippen LogP contribution in [0.5, 0.6) is 0 Å². The largest absolute Gasteiger partial charge is 0.388 e. The first-order valence-electron chi connectivity index (χ1n) is 10.9. The predicted octanol–water partition coefficient (Wildman–Crippen LogP) is 4.84. The fourth-order valence-electron chi connectivity index (χ4n) is 7.97. The van der Waals surface area contributed by atoms with Gasteiger partial charge >= 0.3 is 0 Å². The van der Waals surface area contributed by atoms with Gasteiger partial charge in [0.05, 0.1) is 5.60 Å². The van der Waals surface area contributed by atoms with Crippen LogP contribution in [0.3, 0.4) is 0 Å². The third-order valence-electron chi connectivity index (χ3n) is 9.51. The zero-order valence-corrected chi connectivity index (χ0v) is 17.3. The zero-order valence-electron chi connectivity index (χ0n) is 16.4. The highest BCUT2D eigenvalue weighted by Crippen LogP contribution is 2.68. The van der Waals surface area contributed by atoms with E-state index in [0.29, 0.717) is 5.41 Å². The number of aliphatic hydroxyl groups is 1. The standard InChI is InChI=1S/C22H39NOS/c1-20-10-4-3-5-16(20)6-7-17-18(20)8-11-21(2)19(17)9-12-22(21,24)15-25-14-13-23/h16-19,24H,3-15,23H2,1-2H3/t16?,17?,18?,19?,20-,21-,22+/m1/s1. The van der Waals surface area contributed by atoms with E-state index in [1.807, 2.05) is 11.8 Å². The van der Waals surface area contributed by atoms with Crippen molar-refractivity contribution in [2.24, 2.45) is 40.2 Å². The Balaban J connectivity index is 1.55. The van der Waals surface area contributed by atoms with Crippen LogP contribution in [0.15, 0.2) is 0 Å². The van der Waals surface area contributed by atoms with Gasteiger partial charge in [-0.2, -0.15) is 11.8 Å². The molecule has 0 aromatic rings. The maximum absolute atomic E-state index is 11.6. The Hall–Kier alpha value is 0.270. The summed E-state index contributed by atoms with van der Waals surface area (Å²) >= 11 is 1.88.